The van der Waals surface area contributed by atoms with Crippen LogP contribution in [0.3, 0.4) is 0 Å². The number of benzene rings is 1. The molecule has 1 amide bonds. The van der Waals surface area contributed by atoms with Crippen molar-refractivity contribution in [2.45, 2.75) is 40.5 Å². The quantitative estimate of drug-likeness (QED) is 0.595. The van der Waals surface area contributed by atoms with Crippen molar-refractivity contribution in [2.24, 2.45) is 0 Å². The first kappa shape index (κ1) is 19.9. The van der Waals surface area contributed by atoms with Crippen LogP contribution in [0.4, 0.5) is 19.6 Å². The Morgan fingerprint density at radius 3 is 2.60 bits per heavy atom. The second-order valence-electron chi connectivity index (χ2n) is 4.95. The number of hydrogen-bond acceptors (Lipinski definition) is 7. The van der Waals surface area contributed by atoms with Gasteiger partial charge in [-0.05, 0) is 37.6 Å². The van der Waals surface area contributed by atoms with Crippen LogP contribution in [-0.2, 0) is 4.79 Å². The van der Waals surface area contributed by atoms with Gasteiger partial charge in [-0.25, -0.2) is 0 Å². The normalized spacial score (nSPS) is 12.2. The highest BCUT2D eigenvalue weighted by atomic mass is 32.2. The zero-order valence-corrected chi connectivity index (χ0v) is 16.1. The molecule has 0 bridgehead atoms. The molecule has 1 unspecified atom stereocenters. The van der Waals surface area contributed by atoms with E-state index in [2.05, 4.69) is 20.8 Å². The minimum absolute atomic E-state index is 0.0244. The lowest BCUT2D eigenvalue weighted by atomic mass is 10.3. The molecular weight excluding hydrogens is 386 g/mol. The van der Waals surface area contributed by atoms with Gasteiger partial charge in [0.25, 0.3) is 5.76 Å². The summed E-state index contributed by atoms with van der Waals surface area (Å²) in [5, 5.41) is 14.3. The Bertz CT molecular complexity index is 682. The number of thioether (sulfide) groups is 2. The number of nitrogens with zero attached hydrogens (tertiary/aromatic N) is 2. The zero-order chi connectivity index (χ0) is 18.2. The first-order valence-electron chi connectivity index (χ1n) is 7.57. The molecule has 5 nitrogen and oxygen atoms in total. The number of amides is 1. The monoisotopic (exact) mass is 404 g/mol. The van der Waals surface area contributed by atoms with Gasteiger partial charge in [0, 0.05) is 17.1 Å². The van der Waals surface area contributed by atoms with Crippen molar-refractivity contribution >= 4 is 51.6 Å². The second-order valence-corrected chi connectivity index (χ2v) is 8.58. The summed E-state index contributed by atoms with van der Waals surface area (Å²) in [5.41, 5.74) is 0.736. The minimum Gasteiger partial charge on any atom is -0.355 e. The molecule has 0 spiro atoms. The van der Waals surface area contributed by atoms with Crippen molar-refractivity contribution in [2.75, 3.05) is 11.9 Å². The highest BCUT2D eigenvalue weighted by molar-refractivity contribution is 8.02. The van der Waals surface area contributed by atoms with Gasteiger partial charge < -0.3 is 10.6 Å². The number of nitrogens with one attached hydrogen (secondary N) is 2. The topological polar surface area (TPSA) is 66.9 Å². The number of hydrogen-bond donors (Lipinski definition) is 2. The number of halogens is 2. The lowest BCUT2D eigenvalue weighted by Crippen LogP contribution is -2.31. The Balaban J connectivity index is 1.89. The molecule has 1 atom stereocenters. The van der Waals surface area contributed by atoms with Crippen molar-refractivity contribution in [3.05, 3.63) is 24.3 Å². The fourth-order valence-corrected chi connectivity index (χ4v) is 4.19. The number of carbonyl (C=O) groups is 1. The first-order valence-corrected chi connectivity index (χ1v) is 10.1. The van der Waals surface area contributed by atoms with Crippen LogP contribution in [0.25, 0.3) is 0 Å². The smallest absolute Gasteiger partial charge is 0.288 e. The van der Waals surface area contributed by atoms with E-state index in [0.29, 0.717) is 32.7 Å². The molecule has 0 radical (unpaired) electrons. The lowest BCUT2D eigenvalue weighted by molar-refractivity contribution is -0.120. The zero-order valence-electron chi connectivity index (χ0n) is 13.7. The molecule has 25 heavy (non-hydrogen) atoms. The predicted molar refractivity (Wildman–Crippen MR) is 100 cm³/mol. The van der Waals surface area contributed by atoms with Crippen LogP contribution < -0.4 is 10.6 Å². The van der Waals surface area contributed by atoms with Gasteiger partial charge in [-0.3, -0.25) is 4.79 Å². The van der Waals surface area contributed by atoms with E-state index in [1.807, 2.05) is 13.8 Å². The van der Waals surface area contributed by atoms with E-state index < -0.39 is 5.76 Å². The minimum atomic E-state index is -2.43. The van der Waals surface area contributed by atoms with Crippen LogP contribution in [0.1, 0.15) is 20.3 Å². The molecule has 0 fully saturated rings. The summed E-state index contributed by atoms with van der Waals surface area (Å²) in [6, 6.07) is 6.66. The van der Waals surface area contributed by atoms with Crippen LogP contribution in [0.5, 0.6) is 0 Å². The third kappa shape index (κ3) is 6.79. The molecule has 1 heterocycles. The summed E-state index contributed by atoms with van der Waals surface area (Å²) in [5.74, 6) is -2.46. The molecule has 0 aliphatic heterocycles. The summed E-state index contributed by atoms with van der Waals surface area (Å²) in [6.07, 6.45) is 0.893. The van der Waals surface area contributed by atoms with E-state index in [9.17, 15) is 13.6 Å². The Hall–Kier alpha value is -1.39. The van der Waals surface area contributed by atoms with E-state index >= 15 is 0 Å². The number of carbonyl (C=O) groups excluding carboxylic acids is 1. The molecule has 0 aliphatic rings. The van der Waals surface area contributed by atoms with Crippen LogP contribution in [0.2, 0.25) is 0 Å². The van der Waals surface area contributed by atoms with Crippen LogP contribution in [0, 0.1) is 0 Å². The third-order valence-electron chi connectivity index (χ3n) is 2.93. The Labute approximate surface area is 157 Å². The average Bonchev–Trinajstić information content (AvgIpc) is 3.00. The van der Waals surface area contributed by atoms with Crippen LogP contribution in [-0.4, -0.2) is 33.7 Å². The van der Waals surface area contributed by atoms with Crippen molar-refractivity contribution in [1.29, 1.82) is 0 Å². The van der Waals surface area contributed by atoms with Gasteiger partial charge in [0.2, 0.25) is 11.0 Å². The van der Waals surface area contributed by atoms with Crippen molar-refractivity contribution < 1.29 is 13.6 Å². The Morgan fingerprint density at radius 1 is 1.24 bits per heavy atom. The van der Waals surface area contributed by atoms with Gasteiger partial charge in [-0.2, -0.15) is 8.78 Å². The maximum absolute atomic E-state index is 12.3. The SMILES string of the molecule is CCCNC(=O)C(C)Sc1nnc(Nc2ccc(SC(F)F)cc2)s1. The van der Waals surface area contributed by atoms with Crippen molar-refractivity contribution in [3.8, 4) is 0 Å². The maximum Gasteiger partial charge on any atom is 0.288 e. The molecular formula is C15H18F2N4OS3. The molecule has 0 saturated heterocycles. The molecule has 2 aromatic rings. The largest absolute Gasteiger partial charge is 0.355 e. The van der Waals surface area contributed by atoms with E-state index in [4.69, 9.17) is 0 Å². The van der Waals surface area contributed by atoms with Gasteiger partial charge in [-0.15, -0.1) is 10.2 Å². The molecule has 2 N–H and O–H groups in total. The molecule has 10 heteroatoms. The Morgan fingerprint density at radius 2 is 1.96 bits per heavy atom. The standard InChI is InChI=1S/C15H18F2N4OS3/c1-3-8-18-12(22)9(2)23-15-21-20-14(25-15)19-10-4-6-11(7-5-10)24-13(16)17/h4-7,9,13H,3,8H2,1-2H3,(H,18,22)(H,19,20). The summed E-state index contributed by atoms with van der Waals surface area (Å²) in [4.78, 5) is 12.4. The number of rotatable bonds is 9. The lowest BCUT2D eigenvalue weighted by Gasteiger charge is -2.08. The summed E-state index contributed by atoms with van der Waals surface area (Å²) in [7, 11) is 0. The molecule has 0 aliphatic carbocycles. The predicted octanol–water partition coefficient (Wildman–Crippen LogP) is 4.60. The number of alkyl halides is 2. The van der Waals surface area contributed by atoms with E-state index in [1.54, 1.807) is 24.3 Å². The van der Waals surface area contributed by atoms with E-state index in [1.165, 1.54) is 23.1 Å². The van der Waals surface area contributed by atoms with Crippen LogP contribution >= 0.6 is 34.9 Å². The fraction of sp³-hybridized carbons (Fsp3) is 0.400. The summed E-state index contributed by atoms with van der Waals surface area (Å²) >= 11 is 3.19. The average molecular weight is 405 g/mol. The number of aromatic nitrogens is 2. The second kappa shape index (κ2) is 9.93. The van der Waals surface area contributed by atoms with Gasteiger partial charge in [0.05, 0.1) is 5.25 Å². The van der Waals surface area contributed by atoms with Gasteiger partial charge in [0.1, 0.15) is 0 Å². The van der Waals surface area contributed by atoms with E-state index in [-0.39, 0.29) is 11.2 Å². The van der Waals surface area contributed by atoms with Gasteiger partial charge in [0.15, 0.2) is 4.34 Å². The first-order chi connectivity index (χ1) is 12.0. The molecule has 0 saturated carbocycles. The van der Waals surface area contributed by atoms with Gasteiger partial charge in [-0.1, -0.05) is 41.8 Å². The number of anilines is 2. The molecule has 136 valence electrons. The molecule has 1 aromatic carbocycles. The fourth-order valence-electron chi connectivity index (χ4n) is 1.75. The molecule has 1 aromatic heterocycles. The van der Waals surface area contributed by atoms with Gasteiger partial charge >= 0.3 is 0 Å². The summed E-state index contributed by atoms with van der Waals surface area (Å²) < 4.78 is 25.3. The molecule has 2 rings (SSSR count). The Kier molecular flexibility index (Phi) is 7.91. The summed E-state index contributed by atoms with van der Waals surface area (Å²) in [6.45, 7) is 4.48. The maximum atomic E-state index is 12.3. The van der Waals surface area contributed by atoms with Crippen molar-refractivity contribution in [1.82, 2.24) is 15.5 Å². The van der Waals surface area contributed by atoms with Crippen molar-refractivity contribution in [3.63, 3.8) is 0 Å². The highest BCUT2D eigenvalue weighted by Crippen LogP contribution is 2.31. The van der Waals surface area contributed by atoms with Crippen LogP contribution in [0.15, 0.2) is 33.5 Å². The third-order valence-corrected chi connectivity index (χ3v) is 5.68. The van der Waals surface area contributed by atoms with E-state index in [0.717, 1.165) is 12.1 Å². The highest BCUT2D eigenvalue weighted by Gasteiger charge is 2.16.